The lowest BCUT2D eigenvalue weighted by Crippen LogP contribution is -2.31. The zero-order valence-electron chi connectivity index (χ0n) is 22.1. The molecule has 202 valence electrons. The van der Waals surface area contributed by atoms with Gasteiger partial charge in [0.1, 0.15) is 12.4 Å². The molecule has 4 aromatic carbocycles. The Morgan fingerprint density at radius 2 is 1.56 bits per heavy atom. The van der Waals surface area contributed by atoms with Crippen LogP contribution in [0, 0.1) is 20.8 Å². The van der Waals surface area contributed by atoms with Crippen molar-refractivity contribution in [1.29, 1.82) is 0 Å². The molecule has 8 heteroatoms. The van der Waals surface area contributed by atoms with E-state index in [0.717, 1.165) is 28.0 Å². The first-order valence-electron chi connectivity index (χ1n) is 12.6. The molecule has 0 heterocycles. The minimum atomic E-state index is -3.88. The van der Waals surface area contributed by atoms with Crippen LogP contribution in [-0.4, -0.2) is 27.5 Å². The standard InChI is InChI=1S/C31H31ClN2O4S/c1-22-9-10-24(3)30(19-22)38-18-17-33-31(35)26-14-12-25(13-15-26)21-34(29-20-27(32)16-11-23(29)2)39(36,37)28-7-5-4-6-8-28/h4-16,19-20H,17-18,21H2,1-3H3,(H,33,35). The number of rotatable bonds is 10. The van der Waals surface area contributed by atoms with Crippen molar-refractivity contribution < 1.29 is 17.9 Å². The van der Waals surface area contributed by atoms with E-state index in [4.69, 9.17) is 16.3 Å². The molecule has 0 spiro atoms. The van der Waals surface area contributed by atoms with Crippen LogP contribution in [0.15, 0.2) is 95.9 Å². The Bertz CT molecular complexity index is 1560. The van der Waals surface area contributed by atoms with Crippen LogP contribution in [0.3, 0.4) is 0 Å². The highest BCUT2D eigenvalue weighted by molar-refractivity contribution is 7.92. The number of hydrogen-bond acceptors (Lipinski definition) is 4. The number of benzene rings is 4. The number of sulfonamides is 1. The maximum atomic E-state index is 13.7. The zero-order valence-corrected chi connectivity index (χ0v) is 23.7. The van der Waals surface area contributed by atoms with Crippen LogP contribution >= 0.6 is 11.6 Å². The summed E-state index contributed by atoms with van der Waals surface area (Å²) in [6.45, 7) is 6.60. The summed E-state index contributed by atoms with van der Waals surface area (Å²) in [5, 5.41) is 3.31. The molecule has 0 aliphatic heterocycles. The van der Waals surface area contributed by atoms with Gasteiger partial charge in [-0.15, -0.1) is 0 Å². The molecule has 4 rings (SSSR count). The molecule has 39 heavy (non-hydrogen) atoms. The molecule has 4 aromatic rings. The number of aryl methyl sites for hydroxylation is 3. The zero-order chi connectivity index (χ0) is 28.0. The number of hydrogen-bond donors (Lipinski definition) is 1. The van der Waals surface area contributed by atoms with Gasteiger partial charge in [-0.2, -0.15) is 0 Å². The lowest BCUT2D eigenvalue weighted by Gasteiger charge is -2.26. The van der Waals surface area contributed by atoms with E-state index in [1.807, 2.05) is 39.0 Å². The Hall–Kier alpha value is -3.81. The lowest BCUT2D eigenvalue weighted by molar-refractivity contribution is 0.0947. The number of ether oxygens (including phenoxy) is 1. The number of anilines is 1. The molecule has 0 bridgehead atoms. The second kappa shape index (κ2) is 12.4. The maximum absolute atomic E-state index is 13.7. The summed E-state index contributed by atoms with van der Waals surface area (Å²) in [6.07, 6.45) is 0. The Balaban J connectivity index is 1.46. The van der Waals surface area contributed by atoms with Crippen molar-refractivity contribution in [3.63, 3.8) is 0 Å². The first-order chi connectivity index (χ1) is 18.6. The third-order valence-electron chi connectivity index (χ3n) is 6.30. The van der Waals surface area contributed by atoms with Crippen LogP contribution in [-0.2, 0) is 16.6 Å². The molecule has 1 amide bonds. The van der Waals surface area contributed by atoms with Gasteiger partial charge in [0.2, 0.25) is 0 Å². The number of carbonyl (C=O) groups is 1. The van der Waals surface area contributed by atoms with E-state index in [9.17, 15) is 13.2 Å². The predicted octanol–water partition coefficient (Wildman–Crippen LogP) is 6.47. The summed E-state index contributed by atoms with van der Waals surface area (Å²) in [5.41, 5.74) is 4.62. The van der Waals surface area contributed by atoms with Crippen molar-refractivity contribution in [3.8, 4) is 5.75 Å². The van der Waals surface area contributed by atoms with E-state index < -0.39 is 10.0 Å². The fraction of sp³-hybridized carbons (Fsp3) is 0.194. The minimum Gasteiger partial charge on any atom is -0.491 e. The van der Waals surface area contributed by atoms with Crippen molar-refractivity contribution in [2.75, 3.05) is 17.5 Å². The second-order valence-corrected chi connectivity index (χ2v) is 11.6. The number of halogens is 1. The van der Waals surface area contributed by atoms with E-state index in [2.05, 4.69) is 5.32 Å². The molecule has 1 N–H and O–H groups in total. The van der Waals surface area contributed by atoms with Gasteiger partial charge in [0.25, 0.3) is 15.9 Å². The highest BCUT2D eigenvalue weighted by Gasteiger charge is 2.26. The van der Waals surface area contributed by atoms with E-state index in [-0.39, 0.29) is 17.3 Å². The lowest BCUT2D eigenvalue weighted by atomic mass is 10.1. The van der Waals surface area contributed by atoms with Crippen LogP contribution in [0.1, 0.15) is 32.6 Å². The minimum absolute atomic E-state index is 0.0734. The number of nitrogens with zero attached hydrogens (tertiary/aromatic N) is 1. The van der Waals surface area contributed by atoms with Crippen molar-refractivity contribution in [3.05, 3.63) is 124 Å². The summed E-state index contributed by atoms with van der Waals surface area (Å²) in [5.74, 6) is 0.573. The van der Waals surface area contributed by atoms with Crippen molar-refractivity contribution in [2.24, 2.45) is 0 Å². The van der Waals surface area contributed by atoms with Gasteiger partial charge in [0.15, 0.2) is 0 Å². The molecule has 0 atom stereocenters. The van der Waals surface area contributed by atoms with Gasteiger partial charge in [-0.25, -0.2) is 8.42 Å². The summed E-state index contributed by atoms with van der Waals surface area (Å²) in [7, 11) is -3.88. The molecule has 0 fully saturated rings. The summed E-state index contributed by atoms with van der Waals surface area (Å²) in [6, 6.07) is 26.4. The molecule has 6 nitrogen and oxygen atoms in total. The highest BCUT2D eigenvalue weighted by atomic mass is 35.5. The second-order valence-electron chi connectivity index (χ2n) is 9.33. The Morgan fingerprint density at radius 3 is 2.28 bits per heavy atom. The number of amides is 1. The molecular weight excluding hydrogens is 532 g/mol. The first kappa shape index (κ1) is 28.2. The highest BCUT2D eigenvalue weighted by Crippen LogP contribution is 2.31. The summed E-state index contributed by atoms with van der Waals surface area (Å²) in [4.78, 5) is 12.9. The number of carbonyl (C=O) groups excluding carboxylic acids is 1. The van der Waals surface area contributed by atoms with Crippen LogP contribution in [0.2, 0.25) is 5.02 Å². The predicted molar refractivity (Wildman–Crippen MR) is 156 cm³/mol. The van der Waals surface area contributed by atoms with Crippen molar-refractivity contribution >= 4 is 33.2 Å². The molecule has 0 unspecified atom stereocenters. The van der Waals surface area contributed by atoms with Gasteiger partial charge < -0.3 is 10.1 Å². The van der Waals surface area contributed by atoms with Crippen LogP contribution in [0.5, 0.6) is 5.75 Å². The topological polar surface area (TPSA) is 75.7 Å². The molecule has 0 saturated carbocycles. The third kappa shape index (κ3) is 6.99. The van der Waals surface area contributed by atoms with Crippen LogP contribution in [0.4, 0.5) is 5.69 Å². The van der Waals surface area contributed by atoms with Gasteiger partial charge >= 0.3 is 0 Å². The van der Waals surface area contributed by atoms with Gasteiger partial charge in [-0.1, -0.05) is 60.1 Å². The fourth-order valence-corrected chi connectivity index (χ4v) is 5.78. The summed E-state index contributed by atoms with van der Waals surface area (Å²) >= 11 is 6.24. The van der Waals surface area contributed by atoms with Crippen molar-refractivity contribution in [2.45, 2.75) is 32.2 Å². The van der Waals surface area contributed by atoms with E-state index in [0.29, 0.717) is 29.4 Å². The van der Waals surface area contributed by atoms with Gasteiger partial charge in [-0.3, -0.25) is 9.10 Å². The maximum Gasteiger partial charge on any atom is 0.264 e. The quantitative estimate of drug-likeness (QED) is 0.225. The SMILES string of the molecule is Cc1ccc(C)c(OCCNC(=O)c2ccc(CN(c3cc(Cl)ccc3C)S(=O)(=O)c3ccccc3)cc2)c1. The van der Waals surface area contributed by atoms with Crippen LogP contribution < -0.4 is 14.4 Å². The fourth-order valence-electron chi connectivity index (χ4n) is 4.09. The Morgan fingerprint density at radius 1 is 0.872 bits per heavy atom. The average molecular weight is 563 g/mol. The van der Waals surface area contributed by atoms with Crippen molar-refractivity contribution in [1.82, 2.24) is 5.32 Å². The molecule has 0 saturated heterocycles. The molecule has 0 aliphatic rings. The molecular formula is C31H31ClN2O4S. The molecule has 0 aromatic heterocycles. The van der Waals surface area contributed by atoms with E-state index >= 15 is 0 Å². The van der Waals surface area contributed by atoms with Gasteiger partial charge in [-0.05, 0) is 85.5 Å². The Kier molecular flexibility index (Phi) is 8.94. The first-order valence-corrected chi connectivity index (χ1v) is 14.4. The number of nitrogens with one attached hydrogen (secondary N) is 1. The van der Waals surface area contributed by atoms with E-state index in [1.165, 1.54) is 4.31 Å². The normalized spacial score (nSPS) is 11.2. The monoisotopic (exact) mass is 562 g/mol. The van der Waals surface area contributed by atoms with E-state index in [1.54, 1.807) is 72.8 Å². The van der Waals surface area contributed by atoms with Gasteiger partial charge in [0, 0.05) is 10.6 Å². The smallest absolute Gasteiger partial charge is 0.264 e. The third-order valence-corrected chi connectivity index (χ3v) is 8.31. The molecule has 0 aliphatic carbocycles. The Labute approximate surface area is 235 Å². The van der Waals surface area contributed by atoms with Gasteiger partial charge in [0.05, 0.1) is 23.7 Å². The molecule has 0 radical (unpaired) electrons. The average Bonchev–Trinajstić information content (AvgIpc) is 2.93. The summed E-state index contributed by atoms with van der Waals surface area (Å²) < 4.78 is 34.5. The largest absolute Gasteiger partial charge is 0.491 e. The van der Waals surface area contributed by atoms with Crippen LogP contribution in [0.25, 0.3) is 0 Å².